The van der Waals surface area contributed by atoms with E-state index in [-0.39, 0.29) is 0 Å². The molecule has 53 valence electrons. The molecular formula is C8H9OS. The summed E-state index contributed by atoms with van der Waals surface area (Å²) in [4.78, 5) is 0.866. The minimum absolute atomic E-state index is 0.678. The molecule has 1 atom stereocenters. The molecule has 0 aliphatic carbocycles. The van der Waals surface area contributed by atoms with Gasteiger partial charge in [0.05, 0.1) is 0 Å². The molecule has 1 unspecified atom stereocenters. The van der Waals surface area contributed by atoms with E-state index < -0.39 is 11.2 Å². The fourth-order valence-electron chi connectivity index (χ4n) is 0.685. The van der Waals surface area contributed by atoms with Crippen molar-refractivity contribution in [1.29, 1.82) is 0 Å². The second-order valence-electron chi connectivity index (χ2n) is 1.87. The van der Waals surface area contributed by atoms with Crippen LogP contribution < -0.4 is 0 Å². The Morgan fingerprint density at radius 1 is 1.70 bits per heavy atom. The molecule has 0 saturated carbocycles. The molecule has 0 saturated heterocycles. The van der Waals surface area contributed by atoms with Crippen LogP contribution in [0.3, 0.4) is 0 Å². The molecule has 10 heavy (non-hydrogen) atoms. The van der Waals surface area contributed by atoms with Crippen LogP contribution in [0.1, 0.15) is 6.92 Å². The quantitative estimate of drug-likeness (QED) is 0.592. The second-order valence-corrected chi connectivity index (χ2v) is 3.61. The molecule has 0 N–H and O–H groups in total. The highest BCUT2D eigenvalue weighted by Gasteiger charge is 2.04. The predicted octanol–water partition coefficient (Wildman–Crippen LogP) is 1.61. The summed E-state index contributed by atoms with van der Waals surface area (Å²) in [5.41, 5.74) is 0. The van der Waals surface area contributed by atoms with Crippen LogP contribution in [-0.2, 0) is 11.2 Å². The van der Waals surface area contributed by atoms with E-state index in [1.807, 2.05) is 19.1 Å². The van der Waals surface area contributed by atoms with Crippen molar-refractivity contribution in [2.45, 2.75) is 11.8 Å². The average Bonchev–Trinajstić information content (AvgIpc) is 2.05. The van der Waals surface area contributed by atoms with Gasteiger partial charge in [0.1, 0.15) is 5.75 Å². The van der Waals surface area contributed by atoms with Crippen molar-refractivity contribution in [2.24, 2.45) is 0 Å². The standard InChI is InChI=1S/C8H9OS/c1-2-10(9)8-6-4-3-5-7-8/h3-4,6-7H,2H2,1H3. The third-order valence-electron chi connectivity index (χ3n) is 1.20. The van der Waals surface area contributed by atoms with Crippen LogP contribution in [0.5, 0.6) is 0 Å². The summed E-state index contributed by atoms with van der Waals surface area (Å²) in [5.74, 6) is 0.678. The highest BCUT2D eigenvalue weighted by atomic mass is 32.2. The Hall–Kier alpha value is -0.470. The third-order valence-corrected chi connectivity index (χ3v) is 2.51. The molecule has 0 aliphatic rings. The monoisotopic (exact) mass is 153 g/mol. The van der Waals surface area contributed by atoms with Gasteiger partial charge in [-0.1, -0.05) is 12.1 Å². The lowest BCUT2D eigenvalue weighted by Gasteiger charge is -2.05. The van der Waals surface area contributed by atoms with Crippen molar-refractivity contribution < 1.29 is 4.55 Å². The first-order valence-corrected chi connectivity index (χ1v) is 4.51. The van der Waals surface area contributed by atoms with Gasteiger partial charge in [-0.2, -0.15) is 0 Å². The van der Waals surface area contributed by atoms with Crippen molar-refractivity contribution in [3.05, 3.63) is 30.3 Å². The maximum atomic E-state index is 11.1. The Balaban J connectivity index is 2.75. The van der Waals surface area contributed by atoms with Gasteiger partial charge in [0.25, 0.3) is 0 Å². The van der Waals surface area contributed by atoms with Crippen LogP contribution in [0.25, 0.3) is 0 Å². The summed E-state index contributed by atoms with van der Waals surface area (Å²) in [6, 6.07) is 10.2. The molecular weight excluding hydrogens is 144 g/mol. The third kappa shape index (κ3) is 1.75. The molecule has 1 aromatic carbocycles. The summed E-state index contributed by atoms with van der Waals surface area (Å²) < 4.78 is 11.1. The van der Waals surface area contributed by atoms with E-state index in [0.717, 1.165) is 4.90 Å². The molecule has 0 aromatic heterocycles. The van der Waals surface area contributed by atoms with Crippen molar-refractivity contribution in [1.82, 2.24) is 0 Å². The molecule has 1 radical (unpaired) electrons. The normalized spacial score (nSPS) is 13.0. The zero-order valence-corrected chi connectivity index (χ0v) is 6.65. The molecule has 0 fully saturated rings. The van der Waals surface area contributed by atoms with E-state index in [0.29, 0.717) is 5.75 Å². The maximum Gasteiger partial charge on any atom is 0.153 e. The topological polar surface area (TPSA) is 23.1 Å². The van der Waals surface area contributed by atoms with Crippen molar-refractivity contribution in [2.75, 3.05) is 5.75 Å². The van der Waals surface area contributed by atoms with E-state index in [1.165, 1.54) is 0 Å². The summed E-state index contributed by atoms with van der Waals surface area (Å²) >= 11 is -0.822. The number of benzene rings is 1. The Morgan fingerprint density at radius 2 is 2.50 bits per heavy atom. The number of hydrogen-bond acceptors (Lipinski definition) is 1. The van der Waals surface area contributed by atoms with E-state index in [9.17, 15) is 4.55 Å². The van der Waals surface area contributed by atoms with Gasteiger partial charge in [-0.05, 0) is 30.2 Å². The van der Waals surface area contributed by atoms with Gasteiger partial charge in [-0.3, -0.25) is 0 Å². The van der Waals surface area contributed by atoms with Crippen LogP contribution in [0, 0.1) is 6.07 Å². The van der Waals surface area contributed by atoms with Gasteiger partial charge < -0.3 is 4.55 Å². The molecule has 0 aliphatic heterocycles. The van der Waals surface area contributed by atoms with Gasteiger partial charge in [-0.15, -0.1) is 0 Å². The highest BCUT2D eigenvalue weighted by molar-refractivity contribution is 7.91. The summed E-state index contributed by atoms with van der Waals surface area (Å²) in [6.45, 7) is 1.91. The van der Waals surface area contributed by atoms with E-state index in [1.54, 1.807) is 12.1 Å². The minimum Gasteiger partial charge on any atom is -0.611 e. The molecule has 0 amide bonds. The molecule has 1 nitrogen and oxygen atoms in total. The fraction of sp³-hybridized carbons (Fsp3) is 0.250. The van der Waals surface area contributed by atoms with Gasteiger partial charge in [0.15, 0.2) is 4.90 Å². The van der Waals surface area contributed by atoms with E-state index >= 15 is 0 Å². The van der Waals surface area contributed by atoms with Crippen LogP contribution in [0.2, 0.25) is 0 Å². The van der Waals surface area contributed by atoms with Gasteiger partial charge in [-0.25, -0.2) is 0 Å². The zero-order valence-electron chi connectivity index (χ0n) is 5.83. The minimum atomic E-state index is -0.822. The molecule has 0 bridgehead atoms. The summed E-state index contributed by atoms with van der Waals surface area (Å²) in [7, 11) is 0. The van der Waals surface area contributed by atoms with Crippen molar-refractivity contribution in [3.63, 3.8) is 0 Å². The first kappa shape index (κ1) is 7.63. The van der Waals surface area contributed by atoms with Gasteiger partial charge in [0, 0.05) is 6.07 Å². The van der Waals surface area contributed by atoms with E-state index in [2.05, 4.69) is 6.07 Å². The smallest absolute Gasteiger partial charge is 0.153 e. The summed E-state index contributed by atoms with van der Waals surface area (Å²) in [6.07, 6.45) is 0. The van der Waals surface area contributed by atoms with Crippen molar-refractivity contribution >= 4 is 11.2 Å². The van der Waals surface area contributed by atoms with Crippen molar-refractivity contribution in [3.8, 4) is 0 Å². The molecule has 1 aromatic rings. The Kier molecular flexibility index (Phi) is 2.78. The lowest BCUT2D eigenvalue weighted by molar-refractivity contribution is 0.596. The zero-order chi connectivity index (χ0) is 7.40. The van der Waals surface area contributed by atoms with Gasteiger partial charge in [0.2, 0.25) is 0 Å². The lowest BCUT2D eigenvalue weighted by Crippen LogP contribution is -2.02. The fourth-order valence-corrected chi connectivity index (χ4v) is 1.45. The maximum absolute atomic E-state index is 11.1. The molecule has 2 heteroatoms. The Bertz CT molecular complexity index is 186. The van der Waals surface area contributed by atoms with Crippen LogP contribution in [0.4, 0.5) is 0 Å². The van der Waals surface area contributed by atoms with Crippen LogP contribution >= 0.6 is 0 Å². The second kappa shape index (κ2) is 3.64. The lowest BCUT2D eigenvalue weighted by atomic mass is 10.4. The first-order chi connectivity index (χ1) is 4.84. The number of rotatable bonds is 2. The van der Waals surface area contributed by atoms with E-state index in [4.69, 9.17) is 0 Å². The Morgan fingerprint density at radius 3 is 3.00 bits per heavy atom. The Labute approximate surface area is 64.3 Å². The molecule has 0 spiro atoms. The number of hydrogen-bond donors (Lipinski definition) is 0. The molecule has 1 rings (SSSR count). The van der Waals surface area contributed by atoms with Crippen LogP contribution in [0.15, 0.2) is 29.2 Å². The largest absolute Gasteiger partial charge is 0.611 e. The van der Waals surface area contributed by atoms with Gasteiger partial charge >= 0.3 is 0 Å². The predicted molar refractivity (Wildman–Crippen MR) is 42.2 cm³/mol. The highest BCUT2D eigenvalue weighted by Crippen LogP contribution is 2.08. The van der Waals surface area contributed by atoms with Crippen LogP contribution in [-0.4, -0.2) is 10.3 Å². The first-order valence-electron chi connectivity index (χ1n) is 3.19. The SMILES string of the molecule is CC[S+]([O-])c1c[c]ccc1. The molecule has 0 heterocycles. The summed E-state index contributed by atoms with van der Waals surface area (Å²) in [5, 5.41) is 0. The average molecular weight is 153 g/mol.